The summed E-state index contributed by atoms with van der Waals surface area (Å²) in [6.45, 7) is 0.629. The van der Waals surface area contributed by atoms with Crippen molar-refractivity contribution in [3.63, 3.8) is 0 Å². The third-order valence-corrected chi connectivity index (χ3v) is 6.01. The number of nitrogens with zero attached hydrogens (tertiary/aromatic N) is 1. The highest BCUT2D eigenvalue weighted by Crippen LogP contribution is 2.29. The van der Waals surface area contributed by atoms with Crippen LogP contribution >= 0.6 is 24.0 Å². The van der Waals surface area contributed by atoms with Crippen LogP contribution < -0.4 is 5.32 Å². The van der Waals surface area contributed by atoms with Gasteiger partial charge >= 0.3 is 0 Å². The third kappa shape index (κ3) is 4.16. The zero-order chi connectivity index (χ0) is 16.9. The minimum atomic E-state index is 0.0910. The number of carbonyl (C=O) groups is 2. The Balaban J connectivity index is 1.42. The standard InChI is InChI=1S/C18H22N2O2S2/c21-16(10-3-4-11-20-17(22)12-24-18(20)23)19-15-9-5-7-13-6-1-2-8-14(13)15/h1-2,6,8,15H,3-5,7,9-12H2,(H,19,21)/t15-/m0/s1. The summed E-state index contributed by atoms with van der Waals surface area (Å²) in [6, 6.07) is 8.52. The van der Waals surface area contributed by atoms with E-state index < -0.39 is 0 Å². The highest BCUT2D eigenvalue weighted by atomic mass is 32.2. The van der Waals surface area contributed by atoms with Crippen molar-refractivity contribution >= 4 is 40.1 Å². The van der Waals surface area contributed by atoms with Crippen LogP contribution in [0.25, 0.3) is 0 Å². The zero-order valence-electron chi connectivity index (χ0n) is 13.6. The van der Waals surface area contributed by atoms with E-state index in [0.29, 0.717) is 23.0 Å². The summed E-state index contributed by atoms with van der Waals surface area (Å²) in [4.78, 5) is 25.5. The Bertz CT molecular complexity index is 632. The normalized spacial score (nSPS) is 20.2. The van der Waals surface area contributed by atoms with Crippen molar-refractivity contribution in [1.82, 2.24) is 10.2 Å². The summed E-state index contributed by atoms with van der Waals surface area (Å²) in [5.41, 5.74) is 2.62. The van der Waals surface area contributed by atoms with E-state index in [0.717, 1.165) is 32.1 Å². The Morgan fingerprint density at radius 1 is 1.33 bits per heavy atom. The molecule has 1 aliphatic carbocycles. The molecule has 24 heavy (non-hydrogen) atoms. The molecule has 1 heterocycles. The monoisotopic (exact) mass is 362 g/mol. The number of hydrogen-bond donors (Lipinski definition) is 1. The van der Waals surface area contributed by atoms with Gasteiger partial charge in [0.25, 0.3) is 0 Å². The van der Waals surface area contributed by atoms with Crippen LogP contribution in [0, 0.1) is 0 Å². The van der Waals surface area contributed by atoms with Gasteiger partial charge in [-0.2, -0.15) is 0 Å². The summed E-state index contributed by atoms with van der Waals surface area (Å²) in [6.07, 6.45) is 5.31. The Labute approximate surface area is 152 Å². The summed E-state index contributed by atoms with van der Waals surface area (Å²) in [5.74, 6) is 0.648. The van der Waals surface area contributed by atoms with E-state index in [2.05, 4.69) is 23.5 Å². The maximum atomic E-state index is 12.2. The Hall–Kier alpha value is -1.40. The molecule has 1 saturated heterocycles. The number of benzene rings is 1. The second-order valence-electron chi connectivity index (χ2n) is 6.27. The van der Waals surface area contributed by atoms with Crippen LogP contribution in [0.3, 0.4) is 0 Å². The van der Waals surface area contributed by atoms with E-state index in [1.165, 1.54) is 22.9 Å². The molecular weight excluding hydrogens is 340 g/mol. The quantitative estimate of drug-likeness (QED) is 0.624. The second-order valence-corrected chi connectivity index (χ2v) is 7.88. The smallest absolute Gasteiger partial charge is 0.238 e. The maximum absolute atomic E-state index is 12.2. The average molecular weight is 363 g/mol. The van der Waals surface area contributed by atoms with E-state index >= 15 is 0 Å². The van der Waals surface area contributed by atoms with Crippen LogP contribution in [-0.4, -0.2) is 33.3 Å². The van der Waals surface area contributed by atoms with Crippen molar-refractivity contribution in [2.24, 2.45) is 0 Å². The van der Waals surface area contributed by atoms with Crippen molar-refractivity contribution in [1.29, 1.82) is 0 Å². The van der Waals surface area contributed by atoms with E-state index in [9.17, 15) is 9.59 Å². The number of rotatable bonds is 6. The lowest BCUT2D eigenvalue weighted by molar-refractivity contribution is -0.124. The van der Waals surface area contributed by atoms with Gasteiger partial charge in [0, 0.05) is 13.0 Å². The van der Waals surface area contributed by atoms with Gasteiger partial charge in [-0.3, -0.25) is 14.5 Å². The molecule has 0 aromatic heterocycles. The van der Waals surface area contributed by atoms with Gasteiger partial charge in [0.2, 0.25) is 11.8 Å². The summed E-state index contributed by atoms with van der Waals surface area (Å²) in [7, 11) is 0. The van der Waals surface area contributed by atoms with E-state index in [1.807, 2.05) is 6.07 Å². The van der Waals surface area contributed by atoms with Crippen molar-refractivity contribution in [2.75, 3.05) is 12.3 Å². The number of thioether (sulfide) groups is 1. The van der Waals surface area contributed by atoms with Gasteiger partial charge in [0.1, 0.15) is 4.32 Å². The van der Waals surface area contributed by atoms with Gasteiger partial charge in [0.05, 0.1) is 11.8 Å². The first kappa shape index (κ1) is 17.4. The highest BCUT2D eigenvalue weighted by Gasteiger charge is 2.26. The molecule has 1 fully saturated rings. The first-order valence-electron chi connectivity index (χ1n) is 8.49. The largest absolute Gasteiger partial charge is 0.349 e. The molecule has 0 saturated carbocycles. The molecular formula is C18H22N2O2S2. The number of hydrogen-bond acceptors (Lipinski definition) is 4. The number of amides is 2. The average Bonchev–Trinajstić information content (AvgIpc) is 2.90. The fourth-order valence-corrected chi connectivity index (χ4v) is 4.44. The van der Waals surface area contributed by atoms with Gasteiger partial charge in [-0.05, 0) is 43.2 Å². The van der Waals surface area contributed by atoms with Crippen molar-refractivity contribution in [3.05, 3.63) is 35.4 Å². The minimum absolute atomic E-state index is 0.0910. The molecule has 2 aliphatic rings. The predicted molar refractivity (Wildman–Crippen MR) is 101 cm³/mol. The molecule has 3 rings (SSSR count). The molecule has 0 bridgehead atoms. The zero-order valence-corrected chi connectivity index (χ0v) is 15.3. The molecule has 6 heteroatoms. The van der Waals surface area contributed by atoms with Crippen LogP contribution in [0.2, 0.25) is 0 Å². The Morgan fingerprint density at radius 2 is 2.17 bits per heavy atom. The first-order valence-corrected chi connectivity index (χ1v) is 9.89. The van der Waals surface area contributed by atoms with Gasteiger partial charge in [-0.15, -0.1) is 0 Å². The third-order valence-electron chi connectivity index (χ3n) is 4.58. The van der Waals surface area contributed by atoms with Gasteiger partial charge in [-0.1, -0.05) is 48.2 Å². The van der Waals surface area contributed by atoms with Gasteiger partial charge in [-0.25, -0.2) is 0 Å². The molecule has 1 atom stereocenters. The fraction of sp³-hybridized carbons (Fsp3) is 0.500. The lowest BCUT2D eigenvalue weighted by Gasteiger charge is -2.26. The van der Waals surface area contributed by atoms with Crippen molar-refractivity contribution < 1.29 is 9.59 Å². The predicted octanol–water partition coefficient (Wildman–Crippen LogP) is 3.21. The van der Waals surface area contributed by atoms with Crippen molar-refractivity contribution in [3.8, 4) is 0 Å². The molecule has 0 spiro atoms. The number of fused-ring (bicyclic) bond motifs is 1. The number of unbranched alkanes of at least 4 members (excludes halogenated alkanes) is 1. The van der Waals surface area contributed by atoms with Crippen LogP contribution in [0.15, 0.2) is 24.3 Å². The highest BCUT2D eigenvalue weighted by molar-refractivity contribution is 8.23. The van der Waals surface area contributed by atoms with Crippen LogP contribution in [0.5, 0.6) is 0 Å². The molecule has 128 valence electrons. The van der Waals surface area contributed by atoms with Crippen molar-refractivity contribution in [2.45, 2.75) is 44.6 Å². The molecule has 1 aromatic carbocycles. The molecule has 2 amide bonds. The van der Waals surface area contributed by atoms with E-state index in [4.69, 9.17) is 12.2 Å². The van der Waals surface area contributed by atoms with Crippen LogP contribution in [-0.2, 0) is 16.0 Å². The molecule has 1 N–H and O–H groups in total. The van der Waals surface area contributed by atoms with Gasteiger partial charge < -0.3 is 5.32 Å². The lowest BCUT2D eigenvalue weighted by atomic mass is 9.87. The fourth-order valence-electron chi connectivity index (χ4n) is 3.32. The Kier molecular flexibility index (Phi) is 5.89. The molecule has 1 aliphatic heterocycles. The van der Waals surface area contributed by atoms with Crippen LogP contribution in [0.1, 0.15) is 49.3 Å². The topological polar surface area (TPSA) is 49.4 Å². The second kappa shape index (κ2) is 8.12. The maximum Gasteiger partial charge on any atom is 0.238 e. The van der Waals surface area contributed by atoms with Crippen LogP contribution in [0.4, 0.5) is 0 Å². The summed E-state index contributed by atoms with van der Waals surface area (Å²) in [5, 5.41) is 3.17. The first-order chi connectivity index (χ1) is 11.6. The molecule has 4 nitrogen and oxygen atoms in total. The summed E-state index contributed by atoms with van der Waals surface area (Å²) >= 11 is 6.58. The summed E-state index contributed by atoms with van der Waals surface area (Å²) < 4.78 is 0.670. The lowest BCUT2D eigenvalue weighted by Crippen LogP contribution is -2.31. The minimum Gasteiger partial charge on any atom is -0.349 e. The molecule has 0 unspecified atom stereocenters. The van der Waals surface area contributed by atoms with E-state index in [1.54, 1.807) is 4.90 Å². The number of carbonyl (C=O) groups excluding carboxylic acids is 2. The van der Waals surface area contributed by atoms with Gasteiger partial charge in [0.15, 0.2) is 0 Å². The molecule has 0 radical (unpaired) electrons. The number of nitrogens with one attached hydrogen (secondary N) is 1. The van der Waals surface area contributed by atoms with E-state index in [-0.39, 0.29) is 17.9 Å². The Morgan fingerprint density at radius 3 is 2.96 bits per heavy atom. The SMILES string of the molecule is O=C(CCCCN1C(=O)CSC1=S)N[C@H]1CCCc2ccccc21. The number of aryl methyl sites for hydroxylation is 1. The molecule has 1 aromatic rings. The number of thiocarbonyl (C=S) groups is 1.